The van der Waals surface area contributed by atoms with E-state index in [2.05, 4.69) is 33.0 Å². The number of carbonyl (C=O) groups excluding carboxylic acids is 1. The zero-order valence-corrected chi connectivity index (χ0v) is 17.5. The van der Waals surface area contributed by atoms with Crippen LogP contribution >= 0.6 is 0 Å². The molecule has 1 aliphatic heterocycles. The lowest BCUT2D eigenvalue weighted by Crippen LogP contribution is -2.24. The van der Waals surface area contributed by atoms with Crippen LogP contribution in [-0.2, 0) is 16.4 Å². The Morgan fingerprint density at radius 1 is 1.00 bits per heavy atom. The highest BCUT2D eigenvalue weighted by molar-refractivity contribution is 7.89. The average Bonchev–Trinajstić information content (AvgIpc) is 3.22. The van der Waals surface area contributed by atoms with Crippen molar-refractivity contribution in [2.75, 3.05) is 23.3 Å². The summed E-state index contributed by atoms with van der Waals surface area (Å²) >= 11 is 0. The van der Waals surface area contributed by atoms with Crippen molar-refractivity contribution in [3.05, 3.63) is 83.9 Å². The molecule has 0 spiro atoms. The molecule has 3 aromatic rings. The van der Waals surface area contributed by atoms with E-state index in [0.29, 0.717) is 5.69 Å². The summed E-state index contributed by atoms with van der Waals surface area (Å²) in [5.74, 6) is 1.83. The Hall–Kier alpha value is -3.60. The molecule has 156 valence electrons. The average molecular weight is 432 g/mol. The SMILES string of the molecule is C#CCNS(=O)(=O)c1cccc(C(=O)Nc2ccccc2N2CCc3ccccc32)c1. The maximum absolute atomic E-state index is 12.9. The number of hydrogen-bond donors (Lipinski definition) is 2. The molecule has 0 fully saturated rings. The topological polar surface area (TPSA) is 78.5 Å². The first kappa shape index (κ1) is 20.7. The van der Waals surface area contributed by atoms with Crippen molar-refractivity contribution in [3.8, 4) is 12.3 Å². The predicted octanol–water partition coefficient (Wildman–Crippen LogP) is 3.54. The molecule has 0 saturated heterocycles. The van der Waals surface area contributed by atoms with Crippen molar-refractivity contribution < 1.29 is 13.2 Å². The molecule has 0 aliphatic carbocycles. The molecule has 0 radical (unpaired) electrons. The maximum atomic E-state index is 12.9. The van der Waals surface area contributed by atoms with Gasteiger partial charge in [-0.05, 0) is 48.4 Å². The molecule has 1 heterocycles. The number of nitrogens with one attached hydrogen (secondary N) is 2. The largest absolute Gasteiger partial charge is 0.339 e. The molecule has 3 aromatic carbocycles. The van der Waals surface area contributed by atoms with Crippen LogP contribution in [-0.4, -0.2) is 27.4 Å². The van der Waals surface area contributed by atoms with Crippen molar-refractivity contribution in [3.63, 3.8) is 0 Å². The number of hydrogen-bond acceptors (Lipinski definition) is 4. The number of para-hydroxylation sites is 3. The molecule has 1 aliphatic rings. The second-order valence-corrected chi connectivity index (χ2v) is 8.83. The van der Waals surface area contributed by atoms with Crippen molar-refractivity contribution in [1.29, 1.82) is 0 Å². The molecule has 0 bridgehead atoms. The van der Waals surface area contributed by atoms with Gasteiger partial charge in [-0.25, -0.2) is 8.42 Å². The van der Waals surface area contributed by atoms with Crippen LogP contribution in [0.25, 0.3) is 0 Å². The summed E-state index contributed by atoms with van der Waals surface area (Å²) in [5, 5.41) is 2.93. The molecule has 2 N–H and O–H groups in total. The number of carbonyl (C=O) groups is 1. The summed E-state index contributed by atoms with van der Waals surface area (Å²) in [4.78, 5) is 15.1. The Balaban J connectivity index is 1.60. The smallest absolute Gasteiger partial charge is 0.255 e. The van der Waals surface area contributed by atoms with E-state index in [1.165, 1.54) is 23.8 Å². The third kappa shape index (κ3) is 4.31. The van der Waals surface area contributed by atoms with Gasteiger partial charge in [0.05, 0.1) is 22.8 Å². The minimum Gasteiger partial charge on any atom is -0.339 e. The molecule has 31 heavy (non-hydrogen) atoms. The first-order valence-electron chi connectivity index (χ1n) is 9.78. The van der Waals surface area contributed by atoms with Gasteiger partial charge in [0, 0.05) is 17.8 Å². The summed E-state index contributed by atoms with van der Waals surface area (Å²) in [6.07, 6.45) is 6.06. The lowest BCUT2D eigenvalue weighted by molar-refractivity contribution is 0.102. The highest BCUT2D eigenvalue weighted by Gasteiger charge is 2.23. The molecular weight excluding hydrogens is 410 g/mol. The second kappa shape index (κ2) is 8.64. The fourth-order valence-electron chi connectivity index (χ4n) is 3.62. The number of amides is 1. The fourth-order valence-corrected chi connectivity index (χ4v) is 4.60. The Kier molecular flexibility index (Phi) is 5.76. The number of terminal acetylenes is 1. The first-order valence-corrected chi connectivity index (χ1v) is 11.3. The van der Waals surface area contributed by atoms with E-state index in [4.69, 9.17) is 6.42 Å². The zero-order valence-electron chi connectivity index (χ0n) is 16.7. The number of rotatable bonds is 6. The van der Waals surface area contributed by atoms with Gasteiger partial charge in [0.1, 0.15) is 0 Å². The highest BCUT2D eigenvalue weighted by atomic mass is 32.2. The normalized spacial score (nSPS) is 12.8. The number of benzene rings is 3. The van der Waals surface area contributed by atoms with Gasteiger partial charge in [0.2, 0.25) is 10.0 Å². The van der Waals surface area contributed by atoms with E-state index in [1.54, 1.807) is 6.07 Å². The predicted molar refractivity (Wildman–Crippen MR) is 122 cm³/mol. The molecule has 7 heteroatoms. The van der Waals surface area contributed by atoms with Crippen molar-refractivity contribution >= 4 is 33.0 Å². The molecule has 0 unspecified atom stereocenters. The summed E-state index contributed by atoms with van der Waals surface area (Å²) in [5.41, 5.74) is 4.17. The summed E-state index contributed by atoms with van der Waals surface area (Å²) in [6, 6.07) is 21.6. The molecular formula is C24H21N3O3S. The van der Waals surface area contributed by atoms with Gasteiger partial charge in [0.15, 0.2) is 0 Å². The van der Waals surface area contributed by atoms with E-state index in [1.807, 2.05) is 36.4 Å². The van der Waals surface area contributed by atoms with Crippen LogP contribution in [0.1, 0.15) is 15.9 Å². The van der Waals surface area contributed by atoms with Crippen LogP contribution in [0.2, 0.25) is 0 Å². The van der Waals surface area contributed by atoms with E-state index >= 15 is 0 Å². The number of sulfonamides is 1. The lowest BCUT2D eigenvalue weighted by Gasteiger charge is -2.23. The van der Waals surface area contributed by atoms with Gasteiger partial charge in [-0.2, -0.15) is 4.72 Å². The molecule has 4 rings (SSSR count). The molecule has 0 aromatic heterocycles. The third-order valence-corrected chi connectivity index (χ3v) is 6.50. The van der Waals surface area contributed by atoms with Gasteiger partial charge in [0.25, 0.3) is 5.91 Å². The Morgan fingerprint density at radius 3 is 2.55 bits per heavy atom. The van der Waals surface area contributed by atoms with Crippen molar-refractivity contribution in [1.82, 2.24) is 4.72 Å². The molecule has 6 nitrogen and oxygen atoms in total. The Labute approximate surface area is 182 Å². The van der Waals surface area contributed by atoms with Crippen LogP contribution in [0.4, 0.5) is 17.1 Å². The quantitative estimate of drug-likeness (QED) is 0.585. The maximum Gasteiger partial charge on any atom is 0.255 e. The van der Waals surface area contributed by atoms with Crippen LogP contribution in [0.5, 0.6) is 0 Å². The van der Waals surface area contributed by atoms with Crippen LogP contribution in [0.3, 0.4) is 0 Å². The highest BCUT2D eigenvalue weighted by Crippen LogP contribution is 2.38. The zero-order chi connectivity index (χ0) is 21.8. The Bertz CT molecular complexity index is 1280. The van der Waals surface area contributed by atoms with Gasteiger partial charge < -0.3 is 10.2 Å². The van der Waals surface area contributed by atoms with E-state index in [-0.39, 0.29) is 17.0 Å². The number of anilines is 3. The van der Waals surface area contributed by atoms with E-state index < -0.39 is 15.9 Å². The standard InChI is InChI=1S/C24H21N3O3S/c1-2-15-25-31(29,30)20-10-7-9-19(17-20)24(28)26-21-11-4-6-13-23(21)27-16-14-18-8-3-5-12-22(18)27/h1,3-13,17,25H,14-16H2,(H,26,28). The van der Waals surface area contributed by atoms with E-state index in [0.717, 1.165) is 24.3 Å². The second-order valence-electron chi connectivity index (χ2n) is 7.06. The summed E-state index contributed by atoms with van der Waals surface area (Å²) < 4.78 is 26.9. The first-order chi connectivity index (χ1) is 15.0. The molecule has 0 atom stereocenters. The third-order valence-electron chi connectivity index (χ3n) is 5.10. The summed E-state index contributed by atoms with van der Waals surface area (Å²) in [6.45, 7) is 0.699. The number of nitrogens with zero attached hydrogens (tertiary/aromatic N) is 1. The number of fused-ring (bicyclic) bond motifs is 1. The van der Waals surface area contributed by atoms with Gasteiger partial charge in [-0.15, -0.1) is 6.42 Å². The van der Waals surface area contributed by atoms with Crippen LogP contribution in [0, 0.1) is 12.3 Å². The molecule has 0 saturated carbocycles. The van der Waals surface area contributed by atoms with Crippen molar-refractivity contribution in [2.24, 2.45) is 0 Å². The van der Waals surface area contributed by atoms with Gasteiger partial charge in [-0.1, -0.05) is 42.3 Å². The fraction of sp³-hybridized carbons (Fsp3) is 0.125. The molecule has 1 amide bonds. The van der Waals surface area contributed by atoms with E-state index in [9.17, 15) is 13.2 Å². The minimum atomic E-state index is -3.79. The minimum absolute atomic E-state index is 0.0165. The van der Waals surface area contributed by atoms with Crippen LogP contribution < -0.4 is 14.9 Å². The summed E-state index contributed by atoms with van der Waals surface area (Å²) in [7, 11) is -3.79. The monoisotopic (exact) mass is 431 g/mol. The Morgan fingerprint density at radius 2 is 1.74 bits per heavy atom. The lowest BCUT2D eigenvalue weighted by atomic mass is 10.1. The van der Waals surface area contributed by atoms with Crippen LogP contribution in [0.15, 0.2) is 77.7 Å². The van der Waals surface area contributed by atoms with Gasteiger partial charge in [-0.3, -0.25) is 4.79 Å². The van der Waals surface area contributed by atoms with Gasteiger partial charge >= 0.3 is 0 Å². The van der Waals surface area contributed by atoms with Crippen molar-refractivity contribution in [2.45, 2.75) is 11.3 Å².